The van der Waals surface area contributed by atoms with Crippen LogP contribution in [0.5, 0.6) is 5.88 Å². The fourth-order valence-electron chi connectivity index (χ4n) is 1.10. The molecule has 0 amide bonds. The Labute approximate surface area is 95.8 Å². The van der Waals surface area contributed by atoms with Crippen molar-refractivity contribution >= 4 is 5.82 Å². The third-order valence-electron chi connectivity index (χ3n) is 1.70. The van der Waals surface area contributed by atoms with Crippen LogP contribution in [0, 0.1) is 0 Å². The van der Waals surface area contributed by atoms with Gasteiger partial charge in [0.2, 0.25) is 11.7 Å². The van der Waals surface area contributed by atoms with Crippen LogP contribution < -0.4 is 10.5 Å². The molecule has 0 radical (unpaired) electrons. The maximum absolute atomic E-state index is 12.4. The largest absolute Gasteiger partial charge is 0.472 e. The predicted octanol–water partition coefficient (Wildman–Crippen LogP) is 1.49. The number of nitrogens with zero attached hydrogens (tertiary/aromatic N) is 2. The van der Waals surface area contributed by atoms with Crippen LogP contribution in [-0.2, 0) is 10.9 Å². The molecule has 0 aliphatic rings. The van der Waals surface area contributed by atoms with E-state index in [4.69, 9.17) is 15.2 Å². The smallest absolute Gasteiger partial charge is 0.451 e. The maximum atomic E-state index is 12.4. The van der Waals surface area contributed by atoms with E-state index in [1.807, 2.05) is 0 Å². The number of alkyl halides is 3. The lowest BCUT2D eigenvalue weighted by Gasteiger charge is -2.14. The normalized spacial score (nSPS) is 13.5. The topological polar surface area (TPSA) is 70.3 Å². The van der Waals surface area contributed by atoms with Gasteiger partial charge in [0, 0.05) is 13.2 Å². The molecule has 1 aromatic heterocycles. The highest BCUT2D eigenvalue weighted by atomic mass is 19.4. The lowest BCUT2D eigenvalue weighted by Crippen LogP contribution is -2.20. The number of ether oxygens (including phenoxy) is 2. The quantitative estimate of drug-likeness (QED) is 0.877. The Bertz CT molecular complexity index is 384. The van der Waals surface area contributed by atoms with Crippen molar-refractivity contribution in [2.45, 2.75) is 19.2 Å². The molecule has 0 aliphatic heterocycles. The Hall–Kier alpha value is -1.57. The third-order valence-corrected chi connectivity index (χ3v) is 1.70. The van der Waals surface area contributed by atoms with Crippen LogP contribution in [0.25, 0.3) is 0 Å². The number of anilines is 1. The van der Waals surface area contributed by atoms with Crippen molar-refractivity contribution in [1.82, 2.24) is 9.97 Å². The summed E-state index contributed by atoms with van der Waals surface area (Å²) in [6, 6.07) is 1.13. The standard InChI is InChI=1S/C9H12F3N3O2/c1-5(4-16-2)17-7-3-6(13)14-8(15-7)9(10,11)12/h3,5H,4H2,1-2H3,(H2,13,14,15). The number of aromatic nitrogens is 2. The summed E-state index contributed by atoms with van der Waals surface area (Å²) in [5.41, 5.74) is 5.24. The first-order valence-corrected chi connectivity index (χ1v) is 4.70. The van der Waals surface area contributed by atoms with Gasteiger partial charge in [-0.05, 0) is 6.92 Å². The second-order valence-electron chi connectivity index (χ2n) is 3.34. The van der Waals surface area contributed by atoms with Gasteiger partial charge >= 0.3 is 6.18 Å². The summed E-state index contributed by atoms with van der Waals surface area (Å²) in [4.78, 5) is 6.32. The molecule has 2 N–H and O–H groups in total. The molecule has 0 saturated carbocycles. The molecule has 0 aliphatic carbocycles. The molecule has 0 aromatic carbocycles. The Morgan fingerprint density at radius 1 is 1.41 bits per heavy atom. The van der Waals surface area contributed by atoms with Crippen molar-refractivity contribution in [3.63, 3.8) is 0 Å². The number of nitrogens with two attached hydrogens (primary N) is 1. The average molecular weight is 251 g/mol. The lowest BCUT2D eigenvalue weighted by molar-refractivity contribution is -0.145. The van der Waals surface area contributed by atoms with Crippen molar-refractivity contribution in [3.8, 4) is 5.88 Å². The van der Waals surface area contributed by atoms with E-state index in [0.29, 0.717) is 0 Å². The van der Waals surface area contributed by atoms with Gasteiger partial charge in [-0.2, -0.15) is 18.2 Å². The summed E-state index contributed by atoms with van der Waals surface area (Å²) in [7, 11) is 1.45. The molecular weight excluding hydrogens is 239 g/mol. The van der Waals surface area contributed by atoms with Gasteiger partial charge in [-0.25, -0.2) is 4.98 Å². The highest BCUT2D eigenvalue weighted by Gasteiger charge is 2.35. The van der Waals surface area contributed by atoms with Crippen molar-refractivity contribution in [1.29, 1.82) is 0 Å². The molecule has 0 spiro atoms. The minimum absolute atomic E-state index is 0.227. The fourth-order valence-corrected chi connectivity index (χ4v) is 1.10. The van der Waals surface area contributed by atoms with Gasteiger partial charge < -0.3 is 15.2 Å². The number of nitrogen functional groups attached to an aromatic ring is 1. The van der Waals surface area contributed by atoms with Crippen LogP contribution >= 0.6 is 0 Å². The number of hydrogen-bond acceptors (Lipinski definition) is 5. The summed E-state index contributed by atoms with van der Waals surface area (Å²) in [6.45, 7) is 1.86. The minimum atomic E-state index is -4.65. The van der Waals surface area contributed by atoms with Crippen molar-refractivity contribution in [3.05, 3.63) is 11.9 Å². The van der Waals surface area contributed by atoms with E-state index >= 15 is 0 Å². The second-order valence-corrected chi connectivity index (χ2v) is 3.34. The van der Waals surface area contributed by atoms with Crippen molar-refractivity contribution < 1.29 is 22.6 Å². The Balaban J connectivity index is 2.90. The Kier molecular flexibility index (Phi) is 4.11. The van der Waals surface area contributed by atoms with E-state index < -0.39 is 18.1 Å². The van der Waals surface area contributed by atoms with E-state index in [2.05, 4.69) is 9.97 Å². The maximum Gasteiger partial charge on any atom is 0.451 e. The van der Waals surface area contributed by atoms with Crippen LogP contribution in [0.2, 0.25) is 0 Å². The Morgan fingerprint density at radius 2 is 2.06 bits per heavy atom. The second kappa shape index (κ2) is 5.17. The molecule has 5 nitrogen and oxygen atoms in total. The molecule has 0 bridgehead atoms. The molecule has 17 heavy (non-hydrogen) atoms. The molecular formula is C9H12F3N3O2. The molecule has 96 valence electrons. The summed E-state index contributed by atoms with van der Waals surface area (Å²) in [6.07, 6.45) is -5.09. The van der Waals surface area contributed by atoms with E-state index in [1.54, 1.807) is 6.92 Å². The first-order chi connectivity index (χ1) is 7.82. The molecule has 0 fully saturated rings. The molecule has 1 aromatic rings. The molecule has 1 unspecified atom stereocenters. The van der Waals surface area contributed by atoms with Gasteiger partial charge in [0.15, 0.2) is 0 Å². The average Bonchev–Trinajstić information content (AvgIpc) is 2.15. The van der Waals surface area contributed by atoms with E-state index in [-0.39, 0.29) is 18.3 Å². The SMILES string of the molecule is COCC(C)Oc1cc(N)nc(C(F)(F)F)n1. The predicted molar refractivity (Wildman–Crippen MR) is 53.4 cm³/mol. The van der Waals surface area contributed by atoms with E-state index in [1.165, 1.54) is 7.11 Å². The fraction of sp³-hybridized carbons (Fsp3) is 0.556. The lowest BCUT2D eigenvalue weighted by atomic mass is 10.4. The van der Waals surface area contributed by atoms with Crippen molar-refractivity contribution in [2.75, 3.05) is 19.5 Å². The summed E-state index contributed by atoms with van der Waals surface area (Å²) >= 11 is 0. The highest BCUT2D eigenvalue weighted by Crippen LogP contribution is 2.28. The first-order valence-electron chi connectivity index (χ1n) is 4.70. The Morgan fingerprint density at radius 3 is 2.59 bits per heavy atom. The molecule has 1 atom stereocenters. The van der Waals surface area contributed by atoms with Gasteiger partial charge in [-0.3, -0.25) is 0 Å². The number of hydrogen-bond donors (Lipinski definition) is 1. The summed E-state index contributed by atoms with van der Waals surface area (Å²) < 4.78 is 47.0. The molecule has 8 heteroatoms. The van der Waals surface area contributed by atoms with E-state index in [0.717, 1.165) is 6.07 Å². The summed E-state index contributed by atoms with van der Waals surface area (Å²) in [5, 5.41) is 0. The third kappa shape index (κ3) is 4.06. The number of rotatable bonds is 4. The zero-order chi connectivity index (χ0) is 13.1. The van der Waals surface area contributed by atoms with Crippen LogP contribution in [0.3, 0.4) is 0 Å². The van der Waals surface area contributed by atoms with Crippen LogP contribution in [0.4, 0.5) is 19.0 Å². The minimum Gasteiger partial charge on any atom is -0.472 e. The van der Waals surface area contributed by atoms with Gasteiger partial charge in [0.1, 0.15) is 11.9 Å². The van der Waals surface area contributed by atoms with Gasteiger partial charge in [-0.15, -0.1) is 0 Å². The van der Waals surface area contributed by atoms with Crippen LogP contribution in [0.1, 0.15) is 12.7 Å². The zero-order valence-corrected chi connectivity index (χ0v) is 9.28. The van der Waals surface area contributed by atoms with Crippen LogP contribution in [-0.4, -0.2) is 29.8 Å². The molecule has 1 rings (SSSR count). The van der Waals surface area contributed by atoms with Gasteiger partial charge in [-0.1, -0.05) is 0 Å². The first kappa shape index (κ1) is 13.5. The monoisotopic (exact) mass is 251 g/mol. The number of methoxy groups -OCH3 is 1. The van der Waals surface area contributed by atoms with E-state index in [9.17, 15) is 13.2 Å². The van der Waals surface area contributed by atoms with Gasteiger partial charge in [0.05, 0.1) is 6.61 Å². The molecule has 1 heterocycles. The number of halogens is 3. The van der Waals surface area contributed by atoms with Crippen LogP contribution in [0.15, 0.2) is 6.07 Å². The van der Waals surface area contributed by atoms with Gasteiger partial charge in [0.25, 0.3) is 0 Å². The molecule has 0 saturated heterocycles. The summed E-state index contributed by atoms with van der Waals surface area (Å²) in [5.74, 6) is -1.85. The highest BCUT2D eigenvalue weighted by molar-refractivity contribution is 5.33. The zero-order valence-electron chi connectivity index (χ0n) is 9.28. The van der Waals surface area contributed by atoms with Crippen molar-refractivity contribution in [2.24, 2.45) is 0 Å².